The van der Waals surface area contributed by atoms with Crippen LogP contribution in [0.1, 0.15) is 32.1 Å². The molecule has 0 aromatic heterocycles. The van der Waals surface area contributed by atoms with Crippen molar-refractivity contribution in [1.29, 1.82) is 0 Å². The number of carbonyl (C=O) groups excluding carboxylic acids is 1. The van der Waals surface area contributed by atoms with Crippen molar-refractivity contribution in [3.8, 4) is 0 Å². The number of hydrogen-bond acceptors (Lipinski definition) is 4. The zero-order valence-electron chi connectivity index (χ0n) is 12.0. The zero-order chi connectivity index (χ0) is 13.8. The molecule has 2 aliphatic rings. The monoisotopic (exact) mass is 270 g/mol. The van der Waals surface area contributed by atoms with Crippen LogP contribution >= 0.6 is 0 Å². The van der Waals surface area contributed by atoms with Crippen molar-refractivity contribution in [2.24, 2.45) is 11.7 Å². The number of rotatable bonds is 4. The number of hydrogen-bond donors (Lipinski definition) is 1. The van der Waals surface area contributed by atoms with E-state index in [-0.39, 0.29) is 24.2 Å². The Labute approximate surface area is 115 Å². The maximum absolute atomic E-state index is 12.3. The fraction of sp³-hybridized carbons (Fsp3) is 0.929. The standard InChI is InChI=1S/C14H26N2O3/c1-18-12-8-16(9-13(12)19-2)14(17)7-10-5-3-4-6-11(10)15/h10-13H,3-9,15H2,1-2H3. The van der Waals surface area contributed by atoms with E-state index >= 15 is 0 Å². The van der Waals surface area contributed by atoms with Crippen molar-refractivity contribution in [3.05, 3.63) is 0 Å². The highest BCUT2D eigenvalue weighted by atomic mass is 16.5. The number of nitrogens with two attached hydrogens (primary N) is 1. The van der Waals surface area contributed by atoms with Gasteiger partial charge >= 0.3 is 0 Å². The molecule has 2 fully saturated rings. The molecule has 19 heavy (non-hydrogen) atoms. The van der Waals surface area contributed by atoms with E-state index < -0.39 is 0 Å². The lowest BCUT2D eigenvalue weighted by Gasteiger charge is -2.29. The third kappa shape index (κ3) is 3.46. The Hall–Kier alpha value is -0.650. The first-order valence-electron chi connectivity index (χ1n) is 7.24. The van der Waals surface area contributed by atoms with Crippen molar-refractivity contribution < 1.29 is 14.3 Å². The number of likely N-dealkylation sites (tertiary alicyclic amines) is 1. The minimum atomic E-state index is -0.00557. The molecule has 0 aromatic carbocycles. The van der Waals surface area contributed by atoms with Crippen LogP contribution in [0.3, 0.4) is 0 Å². The summed E-state index contributed by atoms with van der Waals surface area (Å²) in [4.78, 5) is 14.2. The average molecular weight is 270 g/mol. The summed E-state index contributed by atoms with van der Waals surface area (Å²) in [5, 5.41) is 0. The predicted molar refractivity (Wildman–Crippen MR) is 72.7 cm³/mol. The summed E-state index contributed by atoms with van der Waals surface area (Å²) < 4.78 is 10.7. The SMILES string of the molecule is COC1CN(C(=O)CC2CCCCC2N)CC1OC. The molecule has 4 unspecified atom stereocenters. The Balaban J connectivity index is 1.86. The van der Waals surface area contributed by atoms with Gasteiger partial charge in [0, 0.05) is 39.8 Å². The first kappa shape index (κ1) is 14.8. The quantitative estimate of drug-likeness (QED) is 0.819. The van der Waals surface area contributed by atoms with Gasteiger partial charge in [0.25, 0.3) is 0 Å². The number of amides is 1. The topological polar surface area (TPSA) is 64.8 Å². The number of methoxy groups -OCH3 is 2. The third-order valence-corrected chi connectivity index (χ3v) is 4.58. The van der Waals surface area contributed by atoms with Crippen LogP contribution in [-0.2, 0) is 14.3 Å². The van der Waals surface area contributed by atoms with Crippen LogP contribution in [0.25, 0.3) is 0 Å². The van der Waals surface area contributed by atoms with Gasteiger partial charge in [0.05, 0.1) is 0 Å². The molecule has 5 heteroatoms. The highest BCUT2D eigenvalue weighted by Crippen LogP contribution is 2.27. The van der Waals surface area contributed by atoms with Crippen LogP contribution in [0.5, 0.6) is 0 Å². The highest BCUT2D eigenvalue weighted by molar-refractivity contribution is 5.77. The molecule has 1 saturated carbocycles. The highest BCUT2D eigenvalue weighted by Gasteiger charge is 2.36. The van der Waals surface area contributed by atoms with E-state index in [1.165, 1.54) is 12.8 Å². The molecule has 110 valence electrons. The van der Waals surface area contributed by atoms with Crippen molar-refractivity contribution in [2.45, 2.75) is 50.4 Å². The van der Waals surface area contributed by atoms with Gasteiger partial charge in [0.2, 0.25) is 5.91 Å². The minimum absolute atomic E-state index is 0.00557. The van der Waals surface area contributed by atoms with E-state index in [4.69, 9.17) is 15.2 Å². The zero-order valence-corrected chi connectivity index (χ0v) is 12.0. The average Bonchev–Trinajstić information content (AvgIpc) is 2.84. The molecule has 0 spiro atoms. The van der Waals surface area contributed by atoms with Crippen LogP contribution in [0.15, 0.2) is 0 Å². The smallest absolute Gasteiger partial charge is 0.223 e. The Bertz CT molecular complexity index is 299. The lowest BCUT2D eigenvalue weighted by molar-refractivity contribution is -0.132. The Morgan fingerprint density at radius 1 is 1.16 bits per heavy atom. The van der Waals surface area contributed by atoms with Crippen LogP contribution < -0.4 is 5.73 Å². The molecule has 4 atom stereocenters. The normalized spacial score (nSPS) is 35.6. The van der Waals surface area contributed by atoms with Gasteiger partial charge < -0.3 is 20.1 Å². The maximum Gasteiger partial charge on any atom is 0.223 e. The molecule has 0 bridgehead atoms. The molecule has 0 radical (unpaired) electrons. The van der Waals surface area contributed by atoms with Gasteiger partial charge in [0.1, 0.15) is 12.2 Å². The summed E-state index contributed by atoms with van der Waals surface area (Å²) in [6, 6.07) is 0.191. The lowest BCUT2D eigenvalue weighted by Crippen LogP contribution is -2.38. The lowest BCUT2D eigenvalue weighted by atomic mass is 9.83. The molecule has 1 aliphatic heterocycles. The summed E-state index contributed by atoms with van der Waals surface area (Å²) >= 11 is 0. The van der Waals surface area contributed by atoms with Crippen LogP contribution in [-0.4, -0.2) is 56.4 Å². The molecule has 1 aliphatic carbocycles. The van der Waals surface area contributed by atoms with Crippen molar-refractivity contribution in [1.82, 2.24) is 4.90 Å². The summed E-state index contributed by atoms with van der Waals surface area (Å²) in [6.07, 6.45) is 5.11. The fourth-order valence-electron chi connectivity index (χ4n) is 3.24. The third-order valence-electron chi connectivity index (χ3n) is 4.58. The van der Waals surface area contributed by atoms with E-state index in [1.54, 1.807) is 14.2 Å². The van der Waals surface area contributed by atoms with Gasteiger partial charge in [-0.15, -0.1) is 0 Å². The van der Waals surface area contributed by atoms with E-state index in [9.17, 15) is 4.79 Å². The van der Waals surface area contributed by atoms with Crippen molar-refractivity contribution in [3.63, 3.8) is 0 Å². The molecule has 1 heterocycles. The first-order valence-corrected chi connectivity index (χ1v) is 7.24. The van der Waals surface area contributed by atoms with E-state index in [1.807, 2.05) is 4.90 Å². The van der Waals surface area contributed by atoms with Crippen molar-refractivity contribution >= 4 is 5.91 Å². The number of carbonyl (C=O) groups is 1. The Morgan fingerprint density at radius 2 is 1.74 bits per heavy atom. The molecule has 0 aromatic rings. The fourth-order valence-corrected chi connectivity index (χ4v) is 3.24. The number of nitrogens with zero attached hydrogens (tertiary/aromatic N) is 1. The minimum Gasteiger partial charge on any atom is -0.377 e. The predicted octanol–water partition coefficient (Wildman–Crippen LogP) is 0.766. The van der Waals surface area contributed by atoms with Crippen LogP contribution in [0, 0.1) is 5.92 Å². The molecule has 2 rings (SSSR count). The molecule has 1 amide bonds. The summed E-state index contributed by atoms with van der Waals surface area (Å²) in [7, 11) is 3.34. The van der Waals surface area contributed by atoms with Gasteiger partial charge in [-0.3, -0.25) is 4.79 Å². The molecule has 2 N–H and O–H groups in total. The first-order chi connectivity index (χ1) is 9.15. The summed E-state index contributed by atoms with van der Waals surface area (Å²) in [6.45, 7) is 1.27. The van der Waals surface area contributed by atoms with Gasteiger partial charge in [-0.05, 0) is 18.8 Å². The van der Waals surface area contributed by atoms with Gasteiger partial charge in [0.15, 0.2) is 0 Å². The second-order valence-electron chi connectivity index (χ2n) is 5.76. The second-order valence-corrected chi connectivity index (χ2v) is 5.76. The summed E-state index contributed by atoms with van der Waals surface area (Å²) in [5.74, 6) is 0.549. The molecule has 5 nitrogen and oxygen atoms in total. The summed E-state index contributed by atoms with van der Waals surface area (Å²) in [5.41, 5.74) is 6.11. The van der Waals surface area contributed by atoms with E-state index in [2.05, 4.69) is 0 Å². The van der Waals surface area contributed by atoms with Gasteiger partial charge in [-0.1, -0.05) is 12.8 Å². The second kappa shape index (κ2) is 6.68. The molecule has 1 saturated heterocycles. The number of ether oxygens (including phenoxy) is 2. The van der Waals surface area contributed by atoms with Gasteiger partial charge in [-0.25, -0.2) is 0 Å². The largest absolute Gasteiger partial charge is 0.377 e. The van der Waals surface area contributed by atoms with Gasteiger partial charge in [-0.2, -0.15) is 0 Å². The Morgan fingerprint density at radius 3 is 2.26 bits per heavy atom. The molecular weight excluding hydrogens is 244 g/mol. The van der Waals surface area contributed by atoms with Crippen LogP contribution in [0.2, 0.25) is 0 Å². The molecular formula is C14H26N2O3. The van der Waals surface area contributed by atoms with E-state index in [0.717, 1.165) is 12.8 Å². The van der Waals surface area contributed by atoms with Crippen LogP contribution in [0.4, 0.5) is 0 Å². The van der Waals surface area contributed by atoms with E-state index in [0.29, 0.717) is 25.4 Å². The van der Waals surface area contributed by atoms with Crippen molar-refractivity contribution in [2.75, 3.05) is 27.3 Å². The maximum atomic E-state index is 12.3. The Kier molecular flexibility index (Phi) is 5.19.